The lowest BCUT2D eigenvalue weighted by molar-refractivity contribution is 0.0933. The molecule has 0 aliphatic carbocycles. The molecule has 1 atom stereocenters. The van der Waals surface area contributed by atoms with Crippen molar-refractivity contribution in [3.8, 4) is 16.3 Å². The lowest BCUT2D eigenvalue weighted by Gasteiger charge is -2.12. The summed E-state index contributed by atoms with van der Waals surface area (Å²) in [6.07, 6.45) is 0.455. The van der Waals surface area contributed by atoms with Gasteiger partial charge in [-0.2, -0.15) is 5.10 Å². The molecule has 7 nitrogen and oxygen atoms in total. The molecular weight excluding hydrogens is 420 g/mol. The molecule has 1 unspecified atom stereocenters. The van der Waals surface area contributed by atoms with Crippen molar-refractivity contribution in [2.45, 2.75) is 12.5 Å². The van der Waals surface area contributed by atoms with Crippen molar-refractivity contribution in [2.24, 2.45) is 7.05 Å². The monoisotopic (exact) mass is 440 g/mol. The number of carbonyl (C=O) groups excluding carboxylic acids is 1. The van der Waals surface area contributed by atoms with Crippen LogP contribution in [0.3, 0.4) is 0 Å². The summed E-state index contributed by atoms with van der Waals surface area (Å²) in [6.45, 7) is 0. The smallest absolute Gasteiger partial charge is 0.268 e. The van der Waals surface area contributed by atoms with Gasteiger partial charge in [0.15, 0.2) is 9.84 Å². The third kappa shape index (κ3) is 3.23. The maximum atomic E-state index is 13.0. The van der Waals surface area contributed by atoms with Crippen LogP contribution in [0.5, 0.6) is 0 Å². The summed E-state index contributed by atoms with van der Waals surface area (Å²) in [5, 5.41) is 10.6. The van der Waals surface area contributed by atoms with E-state index in [1.807, 2.05) is 70.2 Å². The Morgan fingerprint density at radius 3 is 2.67 bits per heavy atom. The van der Waals surface area contributed by atoms with Gasteiger partial charge in [0.2, 0.25) is 0 Å². The van der Waals surface area contributed by atoms with Gasteiger partial charge in [0.05, 0.1) is 22.1 Å². The molecule has 0 saturated carbocycles. The van der Waals surface area contributed by atoms with E-state index in [4.69, 9.17) is 5.10 Å². The van der Waals surface area contributed by atoms with Gasteiger partial charge in [-0.3, -0.25) is 4.79 Å². The summed E-state index contributed by atoms with van der Waals surface area (Å²) in [5.74, 6) is -0.146. The highest BCUT2D eigenvalue weighted by Gasteiger charge is 2.30. The van der Waals surface area contributed by atoms with E-state index in [1.165, 1.54) is 0 Å². The van der Waals surface area contributed by atoms with Gasteiger partial charge in [-0.05, 0) is 36.1 Å². The molecule has 0 spiro atoms. The number of hydrogen-bond acceptors (Lipinski definition) is 5. The van der Waals surface area contributed by atoms with E-state index >= 15 is 0 Å². The van der Waals surface area contributed by atoms with E-state index < -0.39 is 9.84 Å². The van der Waals surface area contributed by atoms with Gasteiger partial charge in [0, 0.05) is 18.5 Å². The van der Waals surface area contributed by atoms with Crippen LogP contribution in [0.25, 0.3) is 27.3 Å². The molecule has 1 aromatic carbocycles. The number of fused-ring (bicyclic) bond motifs is 1. The van der Waals surface area contributed by atoms with E-state index in [9.17, 15) is 13.2 Å². The third-order valence-corrected chi connectivity index (χ3v) is 8.06. The molecule has 1 N–H and O–H groups in total. The lowest BCUT2D eigenvalue weighted by atomic mass is 10.2. The summed E-state index contributed by atoms with van der Waals surface area (Å²) < 4.78 is 27.1. The number of carbonyl (C=O) groups is 1. The highest BCUT2D eigenvalue weighted by Crippen LogP contribution is 2.34. The van der Waals surface area contributed by atoms with Crippen LogP contribution < -0.4 is 5.32 Å². The highest BCUT2D eigenvalue weighted by molar-refractivity contribution is 7.91. The molecule has 9 heteroatoms. The number of aryl methyl sites for hydroxylation is 1. The summed E-state index contributed by atoms with van der Waals surface area (Å²) in [5.41, 5.74) is 3.02. The largest absolute Gasteiger partial charge is 0.347 e. The third-order valence-electron chi connectivity index (χ3n) is 5.41. The molecule has 30 heavy (non-hydrogen) atoms. The standard InChI is InChI=1S/C21H20N4O3S2/c1-24-17(20(26)22-14-9-11-30(27,28)13-14)12-16-19(18-8-5-10-29-18)23-25(21(16)24)15-6-3-2-4-7-15/h2-8,10,12,14H,9,11,13H2,1H3,(H,22,26). The average Bonchev–Trinajstić information content (AvgIpc) is 3.48. The minimum absolute atomic E-state index is 0.000914. The van der Waals surface area contributed by atoms with E-state index in [0.29, 0.717) is 12.1 Å². The normalized spacial score (nSPS) is 18.1. The van der Waals surface area contributed by atoms with Gasteiger partial charge in [-0.1, -0.05) is 24.3 Å². The summed E-state index contributed by atoms with van der Waals surface area (Å²) in [6, 6.07) is 15.3. The molecule has 4 aromatic rings. The van der Waals surface area contributed by atoms with Gasteiger partial charge in [-0.25, -0.2) is 13.1 Å². The number of para-hydroxylation sites is 1. The van der Waals surface area contributed by atoms with Crippen LogP contribution in [0.4, 0.5) is 0 Å². The van der Waals surface area contributed by atoms with Gasteiger partial charge >= 0.3 is 0 Å². The molecule has 1 aliphatic rings. The quantitative estimate of drug-likeness (QED) is 0.529. The number of hydrogen-bond donors (Lipinski definition) is 1. The summed E-state index contributed by atoms with van der Waals surface area (Å²) in [4.78, 5) is 14.0. The predicted molar refractivity (Wildman–Crippen MR) is 118 cm³/mol. The molecule has 4 heterocycles. The zero-order valence-corrected chi connectivity index (χ0v) is 17.9. The number of benzene rings is 1. The van der Waals surface area contributed by atoms with E-state index in [-0.39, 0.29) is 23.5 Å². The Balaban J connectivity index is 1.61. The number of rotatable bonds is 4. The second kappa shape index (κ2) is 7.10. The maximum Gasteiger partial charge on any atom is 0.268 e. The van der Waals surface area contributed by atoms with Gasteiger partial charge in [-0.15, -0.1) is 11.3 Å². The average molecular weight is 441 g/mol. The number of sulfone groups is 1. The fourth-order valence-electron chi connectivity index (χ4n) is 3.96. The first-order chi connectivity index (χ1) is 14.4. The molecule has 0 radical (unpaired) electrons. The van der Waals surface area contributed by atoms with Crippen molar-refractivity contribution in [2.75, 3.05) is 11.5 Å². The van der Waals surface area contributed by atoms with Crippen molar-refractivity contribution < 1.29 is 13.2 Å². The Bertz CT molecular complexity index is 1340. The van der Waals surface area contributed by atoms with Crippen LogP contribution in [0.15, 0.2) is 53.9 Å². The van der Waals surface area contributed by atoms with Crippen LogP contribution in [-0.4, -0.2) is 46.2 Å². The van der Waals surface area contributed by atoms with Crippen LogP contribution in [0.2, 0.25) is 0 Å². The molecule has 1 amide bonds. The van der Waals surface area contributed by atoms with Crippen LogP contribution in [0.1, 0.15) is 16.9 Å². The van der Waals surface area contributed by atoms with Gasteiger partial charge in [0.1, 0.15) is 17.0 Å². The molecule has 154 valence electrons. The predicted octanol–water partition coefficient (Wildman–Crippen LogP) is 3.01. The Kier molecular flexibility index (Phi) is 4.52. The molecule has 1 fully saturated rings. The molecule has 1 aliphatic heterocycles. The number of nitrogens with zero attached hydrogens (tertiary/aromatic N) is 3. The number of nitrogens with one attached hydrogen (secondary N) is 1. The van der Waals surface area contributed by atoms with Crippen molar-refractivity contribution >= 4 is 38.1 Å². The lowest BCUT2D eigenvalue weighted by Crippen LogP contribution is -2.36. The summed E-state index contributed by atoms with van der Waals surface area (Å²) >= 11 is 1.60. The van der Waals surface area contributed by atoms with Crippen molar-refractivity contribution in [1.82, 2.24) is 19.7 Å². The van der Waals surface area contributed by atoms with Crippen LogP contribution in [-0.2, 0) is 16.9 Å². The molecular formula is C21H20N4O3S2. The minimum Gasteiger partial charge on any atom is -0.347 e. The van der Waals surface area contributed by atoms with E-state index in [1.54, 1.807) is 11.3 Å². The topological polar surface area (TPSA) is 86.0 Å². The Hall–Kier alpha value is -2.91. The minimum atomic E-state index is -3.06. The highest BCUT2D eigenvalue weighted by atomic mass is 32.2. The first-order valence-electron chi connectivity index (χ1n) is 9.62. The Labute approximate surface area is 177 Å². The molecule has 1 saturated heterocycles. The van der Waals surface area contributed by atoms with Crippen molar-refractivity contribution in [3.05, 3.63) is 59.6 Å². The number of amides is 1. The maximum absolute atomic E-state index is 13.0. The molecule has 0 bridgehead atoms. The molecule has 3 aromatic heterocycles. The van der Waals surface area contributed by atoms with Gasteiger partial charge < -0.3 is 9.88 Å². The summed E-state index contributed by atoms with van der Waals surface area (Å²) in [7, 11) is -1.23. The fraction of sp³-hybridized carbons (Fsp3) is 0.238. The Morgan fingerprint density at radius 2 is 2.00 bits per heavy atom. The van der Waals surface area contributed by atoms with Crippen molar-refractivity contribution in [1.29, 1.82) is 0 Å². The first kappa shape index (κ1) is 19.1. The van der Waals surface area contributed by atoms with Gasteiger partial charge in [0.25, 0.3) is 5.91 Å². The van der Waals surface area contributed by atoms with Crippen molar-refractivity contribution in [3.63, 3.8) is 0 Å². The SMILES string of the molecule is Cn1c(C(=O)NC2CCS(=O)(=O)C2)cc2c(-c3cccs3)nn(-c3ccccc3)c21. The van der Waals surface area contributed by atoms with E-state index in [2.05, 4.69) is 5.32 Å². The van der Waals surface area contributed by atoms with Crippen LogP contribution in [0, 0.1) is 0 Å². The first-order valence-corrected chi connectivity index (χ1v) is 12.3. The number of thiophene rings is 1. The van der Waals surface area contributed by atoms with Crippen LogP contribution >= 0.6 is 11.3 Å². The van der Waals surface area contributed by atoms with E-state index in [0.717, 1.165) is 27.3 Å². The second-order valence-electron chi connectivity index (χ2n) is 7.47. The molecule has 5 rings (SSSR count). The zero-order chi connectivity index (χ0) is 20.9. The Morgan fingerprint density at radius 1 is 1.20 bits per heavy atom. The number of aromatic nitrogens is 3. The second-order valence-corrected chi connectivity index (χ2v) is 10.6. The fourth-order valence-corrected chi connectivity index (χ4v) is 6.35. The zero-order valence-electron chi connectivity index (χ0n) is 16.3.